The molecular formula is C18H22FN3O2. The molecule has 0 unspecified atom stereocenters. The van der Waals surface area contributed by atoms with Gasteiger partial charge in [-0.3, -0.25) is 4.68 Å². The summed E-state index contributed by atoms with van der Waals surface area (Å²) in [5.74, 6) is -0.349. The van der Waals surface area contributed by atoms with Gasteiger partial charge in [-0.05, 0) is 39.2 Å². The Morgan fingerprint density at radius 3 is 2.38 bits per heavy atom. The number of alkyl carbamates (subject to hydrolysis) is 1. The lowest BCUT2D eigenvalue weighted by Gasteiger charge is -2.23. The minimum atomic E-state index is -0.527. The van der Waals surface area contributed by atoms with E-state index >= 15 is 0 Å². The smallest absolute Gasteiger partial charge is 0.408 e. The number of rotatable bonds is 3. The van der Waals surface area contributed by atoms with Crippen LogP contribution in [0.15, 0.2) is 30.5 Å². The van der Waals surface area contributed by atoms with Crippen LogP contribution in [0.2, 0.25) is 0 Å². The van der Waals surface area contributed by atoms with E-state index in [1.807, 2.05) is 45.0 Å². The van der Waals surface area contributed by atoms with Gasteiger partial charge in [0.2, 0.25) is 0 Å². The summed E-state index contributed by atoms with van der Waals surface area (Å²) in [6.45, 7) is 5.51. The monoisotopic (exact) mass is 331 g/mol. The molecule has 1 aliphatic carbocycles. The van der Waals surface area contributed by atoms with Crippen LogP contribution >= 0.6 is 0 Å². The number of hydrogen-bond acceptors (Lipinski definition) is 3. The van der Waals surface area contributed by atoms with Crippen LogP contribution in [-0.4, -0.2) is 21.5 Å². The maximum Gasteiger partial charge on any atom is 0.408 e. The van der Waals surface area contributed by atoms with E-state index in [-0.39, 0.29) is 11.4 Å². The largest absolute Gasteiger partial charge is 0.444 e. The first-order valence-corrected chi connectivity index (χ1v) is 8.00. The highest BCUT2D eigenvalue weighted by molar-refractivity contribution is 5.70. The lowest BCUT2D eigenvalue weighted by atomic mass is 10.0. The molecule has 1 N–H and O–H groups in total. The molecule has 0 aliphatic heterocycles. The molecule has 0 radical (unpaired) electrons. The fourth-order valence-corrected chi connectivity index (χ4v) is 2.79. The lowest BCUT2D eigenvalue weighted by molar-refractivity contribution is 0.0495. The topological polar surface area (TPSA) is 56.2 Å². The quantitative estimate of drug-likeness (QED) is 0.932. The Hall–Kier alpha value is -2.37. The molecule has 1 saturated carbocycles. The van der Waals surface area contributed by atoms with Gasteiger partial charge in [-0.2, -0.15) is 5.10 Å². The summed E-state index contributed by atoms with van der Waals surface area (Å²) in [6.07, 6.45) is 2.52. The molecule has 0 bridgehead atoms. The number of hydrogen-bond donors (Lipinski definition) is 1. The maximum absolute atomic E-state index is 13.8. The summed E-state index contributed by atoms with van der Waals surface area (Å²) in [5.41, 5.74) is 1.31. The van der Waals surface area contributed by atoms with E-state index in [0.717, 1.165) is 24.0 Å². The molecule has 0 atom stereocenters. The number of halogens is 1. The molecule has 1 amide bonds. The molecule has 6 heteroatoms. The Labute approximate surface area is 140 Å². The fourth-order valence-electron chi connectivity index (χ4n) is 2.79. The zero-order valence-corrected chi connectivity index (χ0v) is 14.4. The number of amides is 1. The summed E-state index contributed by atoms with van der Waals surface area (Å²) in [5, 5.41) is 6.88. The average Bonchev–Trinajstić information content (AvgIpc) is 3.17. The summed E-state index contributed by atoms with van der Waals surface area (Å²) >= 11 is 0. The van der Waals surface area contributed by atoms with Gasteiger partial charge in [0.25, 0.3) is 0 Å². The van der Waals surface area contributed by atoms with Gasteiger partial charge in [0, 0.05) is 12.6 Å². The molecular weight excluding hydrogens is 309 g/mol. The third kappa shape index (κ3) is 3.27. The molecule has 24 heavy (non-hydrogen) atoms. The second-order valence-electron chi connectivity index (χ2n) is 7.25. The first-order chi connectivity index (χ1) is 11.2. The summed E-state index contributed by atoms with van der Waals surface area (Å²) in [6, 6.07) is 7.55. The Balaban J connectivity index is 1.77. The van der Waals surface area contributed by atoms with Crippen molar-refractivity contribution >= 4 is 6.09 Å². The highest BCUT2D eigenvalue weighted by atomic mass is 19.1. The van der Waals surface area contributed by atoms with Gasteiger partial charge in [0.1, 0.15) is 11.3 Å². The first-order valence-electron chi connectivity index (χ1n) is 8.00. The molecule has 3 rings (SSSR count). The predicted octanol–water partition coefficient (Wildman–Crippen LogP) is 3.74. The minimum Gasteiger partial charge on any atom is -0.444 e. The highest BCUT2D eigenvalue weighted by Crippen LogP contribution is 2.46. The van der Waals surface area contributed by atoms with E-state index in [9.17, 15) is 9.18 Å². The van der Waals surface area contributed by atoms with Crippen molar-refractivity contribution in [3.8, 4) is 11.3 Å². The number of aromatic nitrogens is 2. The maximum atomic E-state index is 13.8. The number of carbonyl (C=O) groups is 1. The van der Waals surface area contributed by atoms with Gasteiger partial charge >= 0.3 is 6.09 Å². The van der Waals surface area contributed by atoms with Crippen molar-refractivity contribution in [2.45, 2.75) is 44.8 Å². The molecule has 0 spiro atoms. The third-order valence-electron chi connectivity index (χ3n) is 4.10. The van der Waals surface area contributed by atoms with E-state index in [1.54, 1.807) is 7.05 Å². The Kier molecular flexibility index (Phi) is 3.86. The minimum absolute atomic E-state index is 0.349. The van der Waals surface area contributed by atoms with Gasteiger partial charge in [-0.25, -0.2) is 9.18 Å². The molecule has 0 saturated heterocycles. The van der Waals surface area contributed by atoms with Crippen molar-refractivity contribution in [1.82, 2.24) is 15.1 Å². The number of nitrogens with zero attached hydrogens (tertiary/aromatic N) is 2. The molecule has 1 aromatic carbocycles. The Morgan fingerprint density at radius 1 is 1.29 bits per heavy atom. The zero-order valence-electron chi connectivity index (χ0n) is 14.4. The van der Waals surface area contributed by atoms with Crippen molar-refractivity contribution in [2.75, 3.05) is 0 Å². The van der Waals surface area contributed by atoms with Crippen molar-refractivity contribution < 1.29 is 13.9 Å². The van der Waals surface area contributed by atoms with Gasteiger partial charge in [-0.1, -0.05) is 24.3 Å². The van der Waals surface area contributed by atoms with E-state index in [2.05, 4.69) is 10.4 Å². The van der Waals surface area contributed by atoms with Crippen molar-refractivity contribution in [3.63, 3.8) is 0 Å². The van der Waals surface area contributed by atoms with Gasteiger partial charge < -0.3 is 10.1 Å². The van der Waals surface area contributed by atoms with Gasteiger partial charge in [0.05, 0.1) is 11.7 Å². The second-order valence-corrected chi connectivity index (χ2v) is 7.25. The molecule has 1 aromatic heterocycles. The Bertz CT molecular complexity index is 736. The van der Waals surface area contributed by atoms with Crippen LogP contribution in [-0.2, 0) is 17.3 Å². The SMILES string of the molecule is Cn1ncc(F)c1-c1ccc(C2(NC(=O)OC(C)(C)C)CC2)cc1. The standard InChI is InChI=1S/C18H22FN3O2/c1-17(2,3)24-16(23)21-18(9-10-18)13-7-5-12(6-8-13)15-14(19)11-20-22(15)4/h5-8,11H,9-10H2,1-4H3,(H,21,23). The van der Waals surface area contributed by atoms with E-state index in [4.69, 9.17) is 4.74 Å². The van der Waals surface area contributed by atoms with Crippen LogP contribution in [0.1, 0.15) is 39.2 Å². The van der Waals surface area contributed by atoms with Crippen LogP contribution in [0.25, 0.3) is 11.3 Å². The second kappa shape index (κ2) is 5.61. The fraction of sp³-hybridized carbons (Fsp3) is 0.444. The molecule has 128 valence electrons. The average molecular weight is 331 g/mol. The summed E-state index contributed by atoms with van der Waals surface area (Å²) < 4.78 is 20.7. The van der Waals surface area contributed by atoms with E-state index in [0.29, 0.717) is 5.69 Å². The number of benzene rings is 1. The van der Waals surface area contributed by atoms with Crippen LogP contribution in [0.3, 0.4) is 0 Å². The van der Waals surface area contributed by atoms with E-state index < -0.39 is 11.7 Å². The van der Waals surface area contributed by atoms with Crippen molar-refractivity contribution in [3.05, 3.63) is 41.8 Å². The number of ether oxygens (including phenoxy) is 1. The highest BCUT2D eigenvalue weighted by Gasteiger charge is 2.46. The van der Waals surface area contributed by atoms with Crippen LogP contribution in [0.4, 0.5) is 9.18 Å². The summed E-state index contributed by atoms with van der Waals surface area (Å²) in [4.78, 5) is 12.0. The van der Waals surface area contributed by atoms with Crippen LogP contribution in [0, 0.1) is 5.82 Å². The van der Waals surface area contributed by atoms with Gasteiger partial charge in [-0.15, -0.1) is 0 Å². The first kappa shape index (κ1) is 16.5. The van der Waals surface area contributed by atoms with Gasteiger partial charge in [0.15, 0.2) is 5.82 Å². The Morgan fingerprint density at radius 2 is 1.92 bits per heavy atom. The normalized spacial score (nSPS) is 15.9. The zero-order chi connectivity index (χ0) is 17.5. The summed E-state index contributed by atoms with van der Waals surface area (Å²) in [7, 11) is 1.71. The molecule has 1 heterocycles. The van der Waals surface area contributed by atoms with Crippen molar-refractivity contribution in [2.24, 2.45) is 7.05 Å². The molecule has 2 aromatic rings. The lowest BCUT2D eigenvalue weighted by Crippen LogP contribution is -2.39. The van der Waals surface area contributed by atoms with Crippen LogP contribution < -0.4 is 5.32 Å². The van der Waals surface area contributed by atoms with E-state index in [1.165, 1.54) is 10.9 Å². The number of nitrogens with one attached hydrogen (secondary N) is 1. The number of aryl methyl sites for hydroxylation is 1. The molecule has 5 nitrogen and oxygen atoms in total. The number of carbonyl (C=O) groups excluding carboxylic acids is 1. The van der Waals surface area contributed by atoms with Crippen molar-refractivity contribution in [1.29, 1.82) is 0 Å². The molecule has 1 fully saturated rings. The molecule has 1 aliphatic rings. The van der Waals surface area contributed by atoms with Crippen LogP contribution in [0.5, 0.6) is 0 Å². The predicted molar refractivity (Wildman–Crippen MR) is 88.9 cm³/mol. The third-order valence-corrected chi connectivity index (χ3v) is 4.10.